The van der Waals surface area contributed by atoms with Crippen molar-refractivity contribution in [3.63, 3.8) is 0 Å². The quantitative estimate of drug-likeness (QED) is 0.475. The highest BCUT2D eigenvalue weighted by molar-refractivity contribution is 5.96. The van der Waals surface area contributed by atoms with Gasteiger partial charge in [-0.25, -0.2) is 0 Å². The highest BCUT2D eigenvalue weighted by Gasteiger charge is 2.29. The van der Waals surface area contributed by atoms with E-state index >= 15 is 0 Å². The van der Waals surface area contributed by atoms with Gasteiger partial charge in [0.2, 0.25) is 0 Å². The van der Waals surface area contributed by atoms with Gasteiger partial charge < -0.3 is 14.9 Å². The Labute approximate surface area is 88.4 Å². The molecule has 0 aliphatic rings. The molecule has 0 aliphatic heterocycles. The fourth-order valence-corrected chi connectivity index (χ4v) is 0.812. The first-order valence-corrected chi connectivity index (χ1v) is 4.52. The van der Waals surface area contributed by atoms with Crippen LogP contribution in [-0.2, 0) is 14.3 Å². The Bertz CT molecular complexity index is 255. The summed E-state index contributed by atoms with van der Waals surface area (Å²) in [6.07, 6.45) is -0.0153. The zero-order valence-corrected chi connectivity index (χ0v) is 8.90. The number of ketones is 1. The second kappa shape index (κ2) is 5.63. The number of aliphatic hydroxyl groups excluding tert-OH is 1. The van der Waals surface area contributed by atoms with Crippen molar-refractivity contribution in [2.75, 3.05) is 6.61 Å². The Morgan fingerprint density at radius 2 is 2.13 bits per heavy atom. The second-order valence-corrected chi connectivity index (χ2v) is 3.56. The van der Waals surface area contributed by atoms with Gasteiger partial charge in [-0.1, -0.05) is 6.58 Å². The fourth-order valence-electron chi connectivity index (χ4n) is 0.812. The lowest BCUT2D eigenvalue weighted by molar-refractivity contribution is -0.155. The number of aliphatic hydroxyl groups is 2. The first-order chi connectivity index (χ1) is 6.79. The summed E-state index contributed by atoms with van der Waals surface area (Å²) in [6, 6.07) is 0. The van der Waals surface area contributed by atoms with Crippen LogP contribution in [0.2, 0.25) is 0 Å². The van der Waals surface area contributed by atoms with Gasteiger partial charge in [0.15, 0.2) is 11.4 Å². The van der Waals surface area contributed by atoms with Gasteiger partial charge in [0.25, 0.3) is 0 Å². The molecule has 0 aromatic rings. The van der Waals surface area contributed by atoms with Crippen molar-refractivity contribution in [2.24, 2.45) is 0 Å². The Kier molecular flexibility index (Phi) is 5.18. The largest absolute Gasteiger partial charge is 0.462 e. The Morgan fingerprint density at radius 1 is 1.60 bits per heavy atom. The predicted octanol–water partition coefficient (Wildman–Crippen LogP) is -0.193. The third kappa shape index (κ3) is 5.29. The van der Waals surface area contributed by atoms with Crippen LogP contribution in [0, 0.1) is 0 Å². The molecule has 0 rings (SSSR count). The molecular formula is C10H16O5. The van der Waals surface area contributed by atoms with E-state index in [0.29, 0.717) is 0 Å². The van der Waals surface area contributed by atoms with Gasteiger partial charge in [0.05, 0.1) is 12.5 Å². The topological polar surface area (TPSA) is 83.8 Å². The number of esters is 1. The normalized spacial score (nSPS) is 16.3. The second-order valence-electron chi connectivity index (χ2n) is 3.56. The van der Waals surface area contributed by atoms with Crippen LogP contribution in [0.1, 0.15) is 20.3 Å². The summed E-state index contributed by atoms with van der Waals surface area (Å²) in [5, 5.41) is 18.4. The molecule has 0 spiro atoms. The van der Waals surface area contributed by atoms with Gasteiger partial charge >= 0.3 is 5.97 Å². The van der Waals surface area contributed by atoms with E-state index in [1.807, 2.05) is 0 Å². The molecule has 86 valence electrons. The minimum Gasteiger partial charge on any atom is -0.462 e. The van der Waals surface area contributed by atoms with Crippen molar-refractivity contribution in [3.05, 3.63) is 12.7 Å². The van der Waals surface area contributed by atoms with Gasteiger partial charge in [-0.2, -0.15) is 0 Å². The summed E-state index contributed by atoms with van der Waals surface area (Å²) in [5.41, 5.74) is -1.75. The molecule has 0 saturated heterocycles. The van der Waals surface area contributed by atoms with Gasteiger partial charge in [0, 0.05) is 0 Å². The molecule has 0 amide bonds. The molecule has 0 aliphatic carbocycles. The molecule has 5 nitrogen and oxygen atoms in total. The smallest absolute Gasteiger partial charge is 0.308 e. The van der Waals surface area contributed by atoms with Crippen molar-refractivity contribution < 1.29 is 24.5 Å². The number of carbonyl (C=O) groups excluding carboxylic acids is 2. The lowest BCUT2D eigenvalue weighted by atomic mass is 10.0. The van der Waals surface area contributed by atoms with E-state index < -0.39 is 30.1 Å². The number of hydrogen-bond acceptors (Lipinski definition) is 5. The predicted molar refractivity (Wildman–Crippen MR) is 53.1 cm³/mol. The maximum Gasteiger partial charge on any atom is 0.308 e. The molecule has 0 saturated carbocycles. The molecule has 0 aromatic carbocycles. The molecule has 0 bridgehead atoms. The highest BCUT2D eigenvalue weighted by Crippen LogP contribution is 2.07. The Hall–Kier alpha value is -1.20. The summed E-state index contributed by atoms with van der Waals surface area (Å²) in [6.45, 7) is 5.44. The molecule has 0 aromatic heterocycles. The summed E-state index contributed by atoms with van der Waals surface area (Å²) >= 11 is 0. The van der Waals surface area contributed by atoms with Gasteiger partial charge in [-0.15, -0.1) is 0 Å². The Morgan fingerprint density at radius 3 is 2.53 bits per heavy atom. The molecule has 2 N–H and O–H groups in total. The number of rotatable bonds is 6. The van der Waals surface area contributed by atoms with Crippen LogP contribution >= 0.6 is 0 Å². The van der Waals surface area contributed by atoms with E-state index in [1.165, 1.54) is 13.8 Å². The summed E-state index contributed by atoms with van der Waals surface area (Å²) in [7, 11) is 0. The zero-order chi connectivity index (χ0) is 12.1. The van der Waals surface area contributed by atoms with Gasteiger partial charge in [-0.05, 0) is 19.9 Å². The van der Waals surface area contributed by atoms with Gasteiger partial charge in [0.1, 0.15) is 6.61 Å². The van der Waals surface area contributed by atoms with Crippen LogP contribution in [-0.4, -0.2) is 40.3 Å². The molecule has 2 atom stereocenters. The standard InChI is InChI=1S/C10H16O5/c1-4-8(12)10(3,14)6-15-9(13)5-7(2)11/h4,7,11,14H,1,5-6H2,2-3H3. The summed E-state index contributed by atoms with van der Waals surface area (Å²) in [4.78, 5) is 22.0. The van der Waals surface area contributed by atoms with E-state index in [2.05, 4.69) is 11.3 Å². The number of carbonyl (C=O) groups is 2. The summed E-state index contributed by atoms with van der Waals surface area (Å²) in [5.74, 6) is -1.28. The molecule has 5 heteroatoms. The molecule has 0 heterocycles. The minimum absolute atomic E-state index is 0.168. The fraction of sp³-hybridized carbons (Fsp3) is 0.600. The van der Waals surface area contributed by atoms with Crippen LogP contribution in [0.15, 0.2) is 12.7 Å². The minimum atomic E-state index is -1.75. The van der Waals surface area contributed by atoms with E-state index in [4.69, 9.17) is 5.11 Å². The van der Waals surface area contributed by atoms with Crippen molar-refractivity contribution in [1.29, 1.82) is 0 Å². The van der Waals surface area contributed by atoms with Crippen LogP contribution in [0.5, 0.6) is 0 Å². The average Bonchev–Trinajstić information content (AvgIpc) is 2.12. The molecule has 2 unspecified atom stereocenters. The monoisotopic (exact) mass is 216 g/mol. The lowest BCUT2D eigenvalue weighted by Crippen LogP contribution is -2.39. The van der Waals surface area contributed by atoms with Crippen molar-refractivity contribution in [3.8, 4) is 0 Å². The molecule has 0 radical (unpaired) electrons. The van der Waals surface area contributed by atoms with Crippen LogP contribution in [0.3, 0.4) is 0 Å². The third-order valence-corrected chi connectivity index (χ3v) is 1.69. The van der Waals surface area contributed by atoms with Crippen molar-refractivity contribution >= 4 is 11.8 Å². The maximum absolute atomic E-state index is 11.1. The first kappa shape index (κ1) is 13.8. The number of hydrogen-bond donors (Lipinski definition) is 2. The molecular weight excluding hydrogens is 200 g/mol. The SMILES string of the molecule is C=CC(=O)C(C)(O)COC(=O)CC(C)O. The zero-order valence-electron chi connectivity index (χ0n) is 8.90. The van der Waals surface area contributed by atoms with Crippen LogP contribution in [0.4, 0.5) is 0 Å². The van der Waals surface area contributed by atoms with Crippen LogP contribution < -0.4 is 0 Å². The van der Waals surface area contributed by atoms with E-state index in [1.54, 1.807) is 0 Å². The highest BCUT2D eigenvalue weighted by atomic mass is 16.5. The third-order valence-electron chi connectivity index (χ3n) is 1.69. The average molecular weight is 216 g/mol. The lowest BCUT2D eigenvalue weighted by Gasteiger charge is -2.19. The first-order valence-electron chi connectivity index (χ1n) is 4.52. The summed E-state index contributed by atoms with van der Waals surface area (Å²) < 4.78 is 4.62. The molecule has 15 heavy (non-hydrogen) atoms. The van der Waals surface area contributed by atoms with E-state index in [-0.39, 0.29) is 6.42 Å². The van der Waals surface area contributed by atoms with E-state index in [0.717, 1.165) is 6.08 Å². The van der Waals surface area contributed by atoms with Crippen molar-refractivity contribution in [2.45, 2.75) is 32.0 Å². The maximum atomic E-state index is 11.1. The molecule has 0 fully saturated rings. The number of ether oxygens (including phenoxy) is 1. The van der Waals surface area contributed by atoms with Crippen molar-refractivity contribution in [1.82, 2.24) is 0 Å². The van der Waals surface area contributed by atoms with Crippen LogP contribution in [0.25, 0.3) is 0 Å². The van der Waals surface area contributed by atoms with E-state index in [9.17, 15) is 14.7 Å². The van der Waals surface area contributed by atoms with Gasteiger partial charge in [-0.3, -0.25) is 9.59 Å². The Balaban J connectivity index is 4.09.